The van der Waals surface area contributed by atoms with Gasteiger partial charge in [0.25, 0.3) is 0 Å². The first kappa shape index (κ1) is 25.2. The fraction of sp³-hybridized carbons (Fsp3) is 0.700. The second-order valence-corrected chi connectivity index (χ2v) is 8.96. The molecule has 13 heteroatoms. The van der Waals surface area contributed by atoms with Crippen molar-refractivity contribution in [2.75, 3.05) is 49.5 Å². The van der Waals surface area contributed by atoms with E-state index >= 15 is 4.39 Å². The Balaban J connectivity index is 1.73. The summed E-state index contributed by atoms with van der Waals surface area (Å²) in [6.45, 7) is 0.708. The molecule has 1 aliphatic carbocycles. The number of rotatable bonds is 10. The van der Waals surface area contributed by atoms with E-state index in [1.165, 1.54) is 11.8 Å². The van der Waals surface area contributed by atoms with Crippen molar-refractivity contribution in [1.29, 1.82) is 0 Å². The minimum atomic E-state index is -1.20. The highest BCUT2D eigenvalue weighted by molar-refractivity contribution is 7.98. The molecule has 1 saturated heterocycles. The summed E-state index contributed by atoms with van der Waals surface area (Å²) in [6.07, 6.45) is 5.32. The van der Waals surface area contributed by atoms with Gasteiger partial charge < -0.3 is 25.2 Å². The van der Waals surface area contributed by atoms with Gasteiger partial charge >= 0.3 is 6.09 Å². The molecule has 1 aliphatic heterocycles. The first-order valence-corrected chi connectivity index (χ1v) is 12.2. The van der Waals surface area contributed by atoms with E-state index in [4.69, 9.17) is 9.84 Å². The number of morpholine rings is 1. The molecular weight excluding hydrogens is 455 g/mol. The highest BCUT2D eigenvalue weighted by atomic mass is 32.2. The van der Waals surface area contributed by atoms with Gasteiger partial charge in [0.05, 0.1) is 31.8 Å². The average Bonchev–Trinajstić information content (AvgIpc) is 3.34. The number of ether oxygens (including phenoxy) is 1. The first-order chi connectivity index (χ1) is 15.9. The van der Waals surface area contributed by atoms with Crippen molar-refractivity contribution in [2.24, 2.45) is 11.8 Å². The number of aliphatic hydroxyl groups is 1. The standard InChI is InChI=1S/C20H31FN6O5S/c1-33-19-23-16(15(21)17(24-19)27-6-7-32-11-14(27)10-28)25-26-18(29)13(9-22-20(30)31)8-12-4-2-3-5-12/h12-14,22,28H,2-11H2,1H3,(H,26,29)(H,30,31)(H,23,24,25)/t13-,14+/m1/s1. The molecule has 5 N–H and O–H groups in total. The van der Waals surface area contributed by atoms with Gasteiger partial charge in [-0.2, -0.15) is 4.39 Å². The Bertz CT molecular complexity index is 828. The molecule has 33 heavy (non-hydrogen) atoms. The maximum Gasteiger partial charge on any atom is 0.404 e. The number of carbonyl (C=O) groups excluding carboxylic acids is 1. The van der Waals surface area contributed by atoms with Crippen molar-refractivity contribution in [1.82, 2.24) is 20.7 Å². The fourth-order valence-electron chi connectivity index (χ4n) is 4.23. The lowest BCUT2D eigenvalue weighted by Crippen LogP contribution is -2.48. The fourth-order valence-corrected chi connectivity index (χ4v) is 4.59. The van der Waals surface area contributed by atoms with E-state index in [0.717, 1.165) is 25.7 Å². The summed E-state index contributed by atoms with van der Waals surface area (Å²) in [5.41, 5.74) is 5.05. The predicted octanol–water partition coefficient (Wildman–Crippen LogP) is 1.44. The number of thioether (sulfide) groups is 1. The maximum atomic E-state index is 15.3. The van der Waals surface area contributed by atoms with Crippen molar-refractivity contribution >= 4 is 35.4 Å². The van der Waals surface area contributed by atoms with Crippen LogP contribution in [0.1, 0.15) is 32.1 Å². The van der Waals surface area contributed by atoms with Crippen molar-refractivity contribution in [3.63, 3.8) is 0 Å². The second kappa shape index (κ2) is 12.2. The molecule has 0 aromatic carbocycles. The van der Waals surface area contributed by atoms with Crippen LogP contribution >= 0.6 is 11.8 Å². The molecule has 2 atom stereocenters. The lowest BCUT2D eigenvalue weighted by Gasteiger charge is -2.35. The van der Waals surface area contributed by atoms with Gasteiger partial charge in [-0.25, -0.2) is 14.8 Å². The van der Waals surface area contributed by atoms with E-state index in [0.29, 0.717) is 30.6 Å². The van der Waals surface area contributed by atoms with Gasteiger partial charge in [0, 0.05) is 13.1 Å². The summed E-state index contributed by atoms with van der Waals surface area (Å²) in [5, 5.41) is 21.2. The lowest BCUT2D eigenvalue weighted by molar-refractivity contribution is -0.124. The quantitative estimate of drug-likeness (QED) is 0.187. The van der Waals surface area contributed by atoms with Crippen LogP contribution in [0.4, 0.5) is 20.8 Å². The second-order valence-electron chi connectivity index (χ2n) is 8.18. The SMILES string of the molecule is CSc1nc(NNC(=O)[C@@H](CNC(=O)O)CC2CCCC2)c(F)c(N2CCOC[C@@H]2CO)n1. The Morgan fingerprint density at radius 2 is 2.09 bits per heavy atom. The molecule has 0 unspecified atom stereocenters. The average molecular weight is 487 g/mol. The highest BCUT2D eigenvalue weighted by Gasteiger charge is 2.29. The smallest absolute Gasteiger partial charge is 0.404 e. The van der Waals surface area contributed by atoms with E-state index < -0.39 is 29.8 Å². The van der Waals surface area contributed by atoms with Gasteiger partial charge in [0.1, 0.15) is 0 Å². The van der Waals surface area contributed by atoms with E-state index in [1.54, 1.807) is 11.2 Å². The number of hydrogen-bond acceptors (Lipinski definition) is 9. The van der Waals surface area contributed by atoms with Crippen molar-refractivity contribution in [3.05, 3.63) is 5.82 Å². The molecule has 1 saturated carbocycles. The molecule has 0 spiro atoms. The van der Waals surface area contributed by atoms with Gasteiger partial charge in [0.15, 0.2) is 16.8 Å². The molecule has 2 amide bonds. The molecule has 1 aromatic heterocycles. The number of nitrogens with one attached hydrogen (secondary N) is 3. The Labute approximate surface area is 195 Å². The largest absolute Gasteiger partial charge is 0.465 e. The summed E-state index contributed by atoms with van der Waals surface area (Å²) in [7, 11) is 0. The molecule has 2 heterocycles. The first-order valence-electron chi connectivity index (χ1n) is 11.0. The van der Waals surface area contributed by atoms with Crippen LogP contribution in [0.5, 0.6) is 0 Å². The zero-order chi connectivity index (χ0) is 23.8. The third-order valence-corrected chi connectivity index (χ3v) is 6.52. The van der Waals surface area contributed by atoms with Crippen LogP contribution in [0.25, 0.3) is 0 Å². The van der Waals surface area contributed by atoms with Crippen LogP contribution in [0.15, 0.2) is 5.16 Å². The van der Waals surface area contributed by atoms with Crippen LogP contribution in [0.3, 0.4) is 0 Å². The Hall–Kier alpha value is -2.38. The summed E-state index contributed by atoms with van der Waals surface area (Å²) < 4.78 is 20.7. The number of anilines is 2. The zero-order valence-corrected chi connectivity index (χ0v) is 19.4. The third-order valence-electron chi connectivity index (χ3n) is 5.97. The topological polar surface area (TPSA) is 149 Å². The van der Waals surface area contributed by atoms with E-state index in [1.807, 2.05) is 0 Å². The summed E-state index contributed by atoms with van der Waals surface area (Å²) in [5.74, 6) is -1.63. The summed E-state index contributed by atoms with van der Waals surface area (Å²) >= 11 is 1.21. The van der Waals surface area contributed by atoms with Crippen molar-refractivity contribution in [2.45, 2.75) is 43.3 Å². The lowest BCUT2D eigenvalue weighted by atomic mass is 9.92. The summed E-state index contributed by atoms with van der Waals surface area (Å²) in [4.78, 5) is 33.8. The number of hydrazine groups is 1. The minimum absolute atomic E-state index is 0.0171. The van der Waals surface area contributed by atoms with Crippen LogP contribution in [0.2, 0.25) is 0 Å². The third kappa shape index (κ3) is 6.81. The molecule has 0 radical (unpaired) electrons. The molecular formula is C20H31FN6O5S. The van der Waals surface area contributed by atoms with Gasteiger partial charge in [-0.05, 0) is 18.6 Å². The molecule has 11 nitrogen and oxygen atoms in total. The Kier molecular flexibility index (Phi) is 9.32. The van der Waals surface area contributed by atoms with Gasteiger partial charge in [0.2, 0.25) is 11.7 Å². The number of nitrogens with zero attached hydrogens (tertiary/aromatic N) is 3. The van der Waals surface area contributed by atoms with E-state index in [-0.39, 0.29) is 31.4 Å². The Morgan fingerprint density at radius 1 is 1.33 bits per heavy atom. The molecule has 2 fully saturated rings. The molecule has 184 valence electrons. The number of hydrogen-bond donors (Lipinski definition) is 5. The van der Waals surface area contributed by atoms with Crippen molar-refractivity contribution < 1.29 is 28.9 Å². The summed E-state index contributed by atoms with van der Waals surface area (Å²) in [6, 6.07) is -0.446. The molecule has 0 bridgehead atoms. The van der Waals surface area contributed by atoms with E-state index in [2.05, 4.69) is 26.1 Å². The number of halogens is 1. The van der Waals surface area contributed by atoms with E-state index in [9.17, 15) is 14.7 Å². The molecule has 2 aliphatic rings. The van der Waals surface area contributed by atoms with Crippen LogP contribution in [0, 0.1) is 17.7 Å². The van der Waals surface area contributed by atoms with Crippen LogP contribution in [-0.4, -0.2) is 77.4 Å². The predicted molar refractivity (Wildman–Crippen MR) is 121 cm³/mol. The number of carboxylic acid groups (broad SMARTS) is 1. The van der Waals surface area contributed by atoms with Gasteiger partial charge in [-0.3, -0.25) is 15.6 Å². The number of aliphatic hydroxyl groups excluding tert-OH is 1. The number of amides is 2. The normalized spacial score (nSPS) is 19.8. The monoisotopic (exact) mass is 486 g/mol. The molecule has 1 aromatic rings. The number of carbonyl (C=O) groups is 2. The van der Waals surface area contributed by atoms with Gasteiger partial charge in [-0.15, -0.1) is 0 Å². The molecule has 3 rings (SSSR count). The van der Waals surface area contributed by atoms with Gasteiger partial charge in [-0.1, -0.05) is 37.4 Å². The minimum Gasteiger partial charge on any atom is -0.465 e. The number of aromatic nitrogens is 2. The Morgan fingerprint density at radius 3 is 2.76 bits per heavy atom. The zero-order valence-electron chi connectivity index (χ0n) is 18.6. The van der Waals surface area contributed by atoms with Crippen LogP contribution in [-0.2, 0) is 9.53 Å². The van der Waals surface area contributed by atoms with Crippen LogP contribution < -0.4 is 21.1 Å². The maximum absolute atomic E-state index is 15.3. The van der Waals surface area contributed by atoms with Crippen molar-refractivity contribution in [3.8, 4) is 0 Å². The highest BCUT2D eigenvalue weighted by Crippen LogP contribution is 2.31.